The molecule has 0 saturated heterocycles. The lowest BCUT2D eigenvalue weighted by Crippen LogP contribution is -2.16. The highest BCUT2D eigenvalue weighted by atomic mass is 32.2. The maximum absolute atomic E-state index is 11.9. The van der Waals surface area contributed by atoms with Gasteiger partial charge in [0.1, 0.15) is 16.3 Å². The molecular formula is C14H19N3O3S. The second kappa shape index (κ2) is 5.87. The zero-order valence-corrected chi connectivity index (χ0v) is 13.1. The first kappa shape index (κ1) is 15.5. The summed E-state index contributed by atoms with van der Waals surface area (Å²) >= 11 is 0. The Kier molecular flexibility index (Phi) is 4.34. The second-order valence-corrected chi connectivity index (χ2v) is 6.06. The molecule has 0 spiro atoms. The molecule has 0 unspecified atom stereocenters. The van der Waals surface area contributed by atoms with E-state index < -0.39 is 10.0 Å². The third-order valence-corrected chi connectivity index (χ3v) is 4.31. The maximum atomic E-state index is 11.9. The fourth-order valence-corrected chi connectivity index (χ4v) is 3.44. The number of para-hydroxylation sites is 2. The van der Waals surface area contributed by atoms with Crippen molar-refractivity contribution < 1.29 is 13.2 Å². The number of nitrogens with two attached hydrogens (primary N) is 1. The fraction of sp³-hybridized carbons (Fsp3) is 0.357. The van der Waals surface area contributed by atoms with Crippen molar-refractivity contribution in [3.8, 4) is 11.4 Å². The highest BCUT2D eigenvalue weighted by molar-refractivity contribution is 7.89. The van der Waals surface area contributed by atoms with Gasteiger partial charge in [0.05, 0.1) is 18.5 Å². The number of aromatic nitrogens is 2. The SMILES string of the molecule is CCc1nn(-c2ccccc2OC)c(CC)c1S(N)(=O)=O. The summed E-state index contributed by atoms with van der Waals surface area (Å²) in [5.41, 5.74) is 1.74. The van der Waals surface area contributed by atoms with Crippen molar-refractivity contribution in [1.29, 1.82) is 0 Å². The van der Waals surface area contributed by atoms with E-state index in [2.05, 4.69) is 5.10 Å². The molecule has 1 heterocycles. The summed E-state index contributed by atoms with van der Waals surface area (Å²) in [4.78, 5) is 0.124. The van der Waals surface area contributed by atoms with Crippen LogP contribution in [0.5, 0.6) is 5.75 Å². The van der Waals surface area contributed by atoms with E-state index in [1.54, 1.807) is 17.9 Å². The summed E-state index contributed by atoms with van der Waals surface area (Å²) in [7, 11) is -2.25. The van der Waals surface area contributed by atoms with E-state index in [1.807, 2.05) is 32.0 Å². The smallest absolute Gasteiger partial charge is 0.241 e. The maximum Gasteiger partial charge on any atom is 0.241 e. The van der Waals surface area contributed by atoms with Crippen molar-refractivity contribution in [2.75, 3.05) is 7.11 Å². The molecule has 0 amide bonds. The van der Waals surface area contributed by atoms with Crippen LogP contribution >= 0.6 is 0 Å². The van der Waals surface area contributed by atoms with Gasteiger partial charge in [-0.25, -0.2) is 18.2 Å². The van der Waals surface area contributed by atoms with Gasteiger partial charge in [0.25, 0.3) is 0 Å². The topological polar surface area (TPSA) is 87.2 Å². The number of sulfonamides is 1. The summed E-state index contributed by atoms with van der Waals surface area (Å²) in [6.07, 6.45) is 0.984. The minimum atomic E-state index is -3.82. The Morgan fingerprint density at radius 2 is 1.90 bits per heavy atom. The predicted molar refractivity (Wildman–Crippen MR) is 80.2 cm³/mol. The van der Waals surface area contributed by atoms with Crippen LogP contribution in [-0.4, -0.2) is 25.3 Å². The van der Waals surface area contributed by atoms with Crippen molar-refractivity contribution in [3.05, 3.63) is 35.7 Å². The molecule has 7 heteroatoms. The number of hydrogen-bond donors (Lipinski definition) is 1. The number of rotatable bonds is 5. The molecule has 6 nitrogen and oxygen atoms in total. The molecular weight excluding hydrogens is 290 g/mol. The largest absolute Gasteiger partial charge is 0.494 e. The molecule has 0 bridgehead atoms. The molecule has 0 fully saturated rings. The second-order valence-electron chi connectivity index (χ2n) is 4.56. The molecule has 0 saturated carbocycles. The van der Waals surface area contributed by atoms with Crippen molar-refractivity contribution in [1.82, 2.24) is 9.78 Å². The lowest BCUT2D eigenvalue weighted by Gasteiger charge is -2.11. The average molecular weight is 309 g/mol. The van der Waals surface area contributed by atoms with Gasteiger partial charge in [0.15, 0.2) is 0 Å². The van der Waals surface area contributed by atoms with Gasteiger partial charge in [-0.15, -0.1) is 0 Å². The van der Waals surface area contributed by atoms with E-state index in [1.165, 1.54) is 0 Å². The minimum Gasteiger partial charge on any atom is -0.494 e. The summed E-state index contributed by atoms with van der Waals surface area (Å²) in [5, 5.41) is 9.78. The Morgan fingerprint density at radius 3 is 2.43 bits per heavy atom. The zero-order chi connectivity index (χ0) is 15.6. The lowest BCUT2D eigenvalue weighted by molar-refractivity contribution is 0.411. The molecule has 2 rings (SSSR count). The number of nitrogens with zero attached hydrogens (tertiary/aromatic N) is 2. The van der Waals surface area contributed by atoms with Crippen molar-refractivity contribution in [2.24, 2.45) is 5.14 Å². The molecule has 2 aromatic rings. The lowest BCUT2D eigenvalue weighted by atomic mass is 10.2. The molecule has 1 aromatic carbocycles. The molecule has 0 aliphatic rings. The first-order valence-electron chi connectivity index (χ1n) is 6.71. The third-order valence-electron chi connectivity index (χ3n) is 3.27. The Bertz CT molecular complexity index is 751. The molecule has 1 aromatic heterocycles. The Balaban J connectivity index is 2.79. The van der Waals surface area contributed by atoms with E-state index in [0.717, 1.165) is 0 Å². The van der Waals surface area contributed by atoms with Gasteiger partial charge >= 0.3 is 0 Å². The number of hydrogen-bond acceptors (Lipinski definition) is 4. The van der Waals surface area contributed by atoms with Crippen LogP contribution in [0.15, 0.2) is 29.2 Å². The third kappa shape index (κ3) is 2.79. The highest BCUT2D eigenvalue weighted by Crippen LogP contribution is 2.28. The summed E-state index contributed by atoms with van der Waals surface area (Å²) in [6, 6.07) is 7.33. The monoisotopic (exact) mass is 309 g/mol. The van der Waals surface area contributed by atoms with Crippen LogP contribution < -0.4 is 9.88 Å². The quantitative estimate of drug-likeness (QED) is 0.909. The van der Waals surface area contributed by atoms with Gasteiger partial charge in [0.2, 0.25) is 10.0 Å². The molecule has 0 aliphatic carbocycles. The van der Waals surface area contributed by atoms with Crippen molar-refractivity contribution in [2.45, 2.75) is 31.6 Å². The number of methoxy groups -OCH3 is 1. The van der Waals surface area contributed by atoms with Crippen LogP contribution in [0.4, 0.5) is 0 Å². The number of primary sulfonamides is 1. The van der Waals surface area contributed by atoms with Gasteiger partial charge in [0, 0.05) is 0 Å². The van der Waals surface area contributed by atoms with Gasteiger partial charge in [-0.05, 0) is 25.0 Å². The van der Waals surface area contributed by atoms with Crippen LogP contribution in [0, 0.1) is 0 Å². The highest BCUT2D eigenvalue weighted by Gasteiger charge is 2.25. The average Bonchev–Trinajstić information content (AvgIpc) is 2.85. The van der Waals surface area contributed by atoms with E-state index in [0.29, 0.717) is 35.7 Å². The van der Waals surface area contributed by atoms with Crippen LogP contribution in [0.3, 0.4) is 0 Å². The Morgan fingerprint density at radius 1 is 1.24 bits per heavy atom. The van der Waals surface area contributed by atoms with Crippen LogP contribution in [0.25, 0.3) is 5.69 Å². The van der Waals surface area contributed by atoms with Crippen molar-refractivity contribution >= 4 is 10.0 Å². The molecule has 114 valence electrons. The van der Waals surface area contributed by atoms with Gasteiger partial charge in [-0.2, -0.15) is 5.10 Å². The van der Waals surface area contributed by atoms with Gasteiger partial charge in [-0.1, -0.05) is 26.0 Å². The first-order chi connectivity index (χ1) is 9.93. The molecule has 0 aliphatic heterocycles. The van der Waals surface area contributed by atoms with Crippen LogP contribution in [0.2, 0.25) is 0 Å². The van der Waals surface area contributed by atoms with E-state index in [9.17, 15) is 8.42 Å². The summed E-state index contributed by atoms with van der Waals surface area (Å²) in [5.74, 6) is 0.623. The Labute approximate surface area is 124 Å². The van der Waals surface area contributed by atoms with Gasteiger partial charge in [-0.3, -0.25) is 0 Å². The molecule has 0 atom stereocenters. The summed E-state index contributed by atoms with van der Waals surface area (Å²) < 4.78 is 30.7. The first-order valence-corrected chi connectivity index (χ1v) is 8.25. The standard InChI is InChI=1S/C14H19N3O3S/c1-4-10-14(21(15,18)19)11(5-2)17(16-10)12-8-6-7-9-13(12)20-3/h6-9H,4-5H2,1-3H3,(H2,15,18,19). The van der Waals surface area contributed by atoms with Crippen molar-refractivity contribution in [3.63, 3.8) is 0 Å². The number of benzene rings is 1. The van der Waals surface area contributed by atoms with E-state index >= 15 is 0 Å². The molecule has 21 heavy (non-hydrogen) atoms. The normalized spacial score (nSPS) is 11.6. The van der Waals surface area contributed by atoms with E-state index in [-0.39, 0.29) is 4.90 Å². The predicted octanol–water partition coefficient (Wildman–Crippen LogP) is 1.65. The zero-order valence-electron chi connectivity index (χ0n) is 12.3. The fourth-order valence-electron chi connectivity index (χ4n) is 2.36. The van der Waals surface area contributed by atoms with Gasteiger partial charge < -0.3 is 4.74 Å². The van der Waals surface area contributed by atoms with E-state index in [4.69, 9.17) is 9.88 Å². The van der Waals surface area contributed by atoms with Crippen LogP contribution in [0.1, 0.15) is 25.2 Å². The molecule has 2 N–H and O–H groups in total. The molecule has 0 radical (unpaired) electrons. The number of ether oxygens (including phenoxy) is 1. The number of aryl methyl sites for hydroxylation is 1. The Hall–Kier alpha value is -1.86. The minimum absolute atomic E-state index is 0.124. The summed E-state index contributed by atoms with van der Waals surface area (Å²) in [6.45, 7) is 3.72. The van der Waals surface area contributed by atoms with Crippen LogP contribution in [-0.2, 0) is 22.9 Å².